The number of benzene rings is 3. The molecule has 0 spiro atoms. The smallest absolute Gasteiger partial charge is 0.455 e. The zero-order chi connectivity index (χ0) is 35.8. The molecule has 7 nitrogen and oxygen atoms in total. The highest BCUT2D eigenvalue weighted by Crippen LogP contribution is 2.51. The zero-order valence-electron chi connectivity index (χ0n) is 29.6. The number of allylic oxidation sites excluding steroid dienone is 1. The number of hydrogen-bond donors (Lipinski definition) is 2. The Labute approximate surface area is 302 Å². The van der Waals surface area contributed by atoms with Crippen molar-refractivity contribution in [2.24, 2.45) is 17.8 Å². The number of phenolic OH excluding ortho intramolecular Hbond substituents is 1. The lowest BCUT2D eigenvalue weighted by Crippen LogP contribution is -2.66. The highest BCUT2D eigenvalue weighted by Gasteiger charge is 2.57. The Balaban J connectivity index is 1.42. The number of likely N-dealkylation sites (tertiary alicyclic amines) is 1. The van der Waals surface area contributed by atoms with Gasteiger partial charge in [0.15, 0.2) is 0 Å². The average molecular weight is 712 g/mol. The molecule has 262 valence electrons. The maximum atomic E-state index is 13.6. The Hall–Kier alpha value is -3.47. The number of amides is 2. The first-order valence-electron chi connectivity index (χ1n) is 17.7. The lowest BCUT2D eigenvalue weighted by molar-refractivity contribution is -0.138. The third-order valence-electron chi connectivity index (χ3n) is 10.9. The molecule has 3 aromatic carbocycles. The molecule has 50 heavy (non-hydrogen) atoms. The molecule has 1 aliphatic carbocycles. The van der Waals surface area contributed by atoms with Crippen LogP contribution in [-0.4, -0.2) is 62.0 Å². The zero-order valence-corrected chi connectivity index (χ0v) is 31.3. The summed E-state index contributed by atoms with van der Waals surface area (Å²) in [5, 5.41) is 23.5. The minimum atomic E-state index is -2.92. The normalized spacial score (nSPS) is 23.0. The number of halogens is 1. The van der Waals surface area contributed by atoms with Gasteiger partial charge in [-0.15, -0.1) is 0 Å². The molecule has 0 aromatic heterocycles. The number of phenols is 1. The van der Waals surface area contributed by atoms with Gasteiger partial charge >= 0.3 is 7.12 Å². The average Bonchev–Trinajstić information content (AvgIpc) is 3.31. The molecule has 3 aromatic rings. The molecular formula is C40H47BClNO6Si. The highest BCUT2D eigenvalue weighted by molar-refractivity contribution is 6.99. The molecule has 2 saturated heterocycles. The SMILES string of the molecule is CC/C(=C\c1ccc(O)cc1Cl)CC[C@H]1OB(O)C[C@H]2C1=C(CO[Si](c1ccccc1)(c1ccccc1)C(C)(C)C)C[C@H]1C(=O)N(C)C(=O)[C@H]12. The van der Waals surface area contributed by atoms with Crippen LogP contribution in [0.2, 0.25) is 16.4 Å². The van der Waals surface area contributed by atoms with Crippen molar-refractivity contribution in [1.82, 2.24) is 4.90 Å². The van der Waals surface area contributed by atoms with E-state index in [1.165, 1.54) is 21.3 Å². The van der Waals surface area contributed by atoms with Gasteiger partial charge in [-0.1, -0.05) is 112 Å². The number of hydrogen-bond acceptors (Lipinski definition) is 6. The predicted molar refractivity (Wildman–Crippen MR) is 202 cm³/mol. The van der Waals surface area contributed by atoms with Crippen LogP contribution in [0.4, 0.5) is 0 Å². The molecule has 2 heterocycles. The van der Waals surface area contributed by atoms with E-state index in [-0.39, 0.29) is 34.8 Å². The first-order chi connectivity index (χ1) is 23.9. The number of rotatable bonds is 10. The van der Waals surface area contributed by atoms with Crippen molar-refractivity contribution in [3.05, 3.63) is 106 Å². The van der Waals surface area contributed by atoms with Crippen molar-refractivity contribution >= 4 is 55.3 Å². The van der Waals surface area contributed by atoms with Gasteiger partial charge in [0.25, 0.3) is 8.32 Å². The lowest BCUT2D eigenvalue weighted by atomic mass is 9.58. The molecule has 10 heteroatoms. The van der Waals surface area contributed by atoms with E-state index in [2.05, 4.69) is 76.2 Å². The molecule has 2 amide bonds. The molecule has 2 aliphatic heterocycles. The van der Waals surface area contributed by atoms with E-state index in [4.69, 9.17) is 20.7 Å². The van der Waals surface area contributed by atoms with Gasteiger partial charge in [-0.05, 0) is 88.2 Å². The van der Waals surface area contributed by atoms with Gasteiger partial charge in [-0.2, -0.15) is 0 Å². The standard InChI is InChI=1S/C40H47BClNO6Si/c1-6-26(21-27-18-19-29(44)23-34(27)42)17-20-35-36-28(22-32-37(33(36)24-41(47)49-35)39(46)43(5)38(32)45)25-48-50(40(2,3)4,30-13-9-7-10-14-30)31-15-11-8-12-16-31/h7-16,18-19,21,23,32-33,35,37,44,47H,6,17,20,22,24-25H2,1-5H3/b26-21+/t32-,33+,35-,37-/m1/s1. The monoisotopic (exact) mass is 711 g/mol. The van der Waals surface area contributed by atoms with Crippen LogP contribution in [0, 0.1) is 17.8 Å². The van der Waals surface area contributed by atoms with E-state index in [9.17, 15) is 19.7 Å². The molecule has 3 aliphatic rings. The summed E-state index contributed by atoms with van der Waals surface area (Å²) in [6.45, 7) is 9.11. The third-order valence-corrected chi connectivity index (χ3v) is 16.2. The highest BCUT2D eigenvalue weighted by atomic mass is 35.5. The van der Waals surface area contributed by atoms with E-state index in [1.54, 1.807) is 19.2 Å². The van der Waals surface area contributed by atoms with E-state index < -0.39 is 33.4 Å². The minimum Gasteiger partial charge on any atom is -0.508 e. The van der Waals surface area contributed by atoms with Gasteiger partial charge in [-0.25, -0.2) is 0 Å². The topological polar surface area (TPSA) is 96.3 Å². The van der Waals surface area contributed by atoms with E-state index in [0.29, 0.717) is 30.9 Å². The first-order valence-corrected chi connectivity index (χ1v) is 19.9. The summed E-state index contributed by atoms with van der Waals surface area (Å²) in [7, 11) is -2.41. The second kappa shape index (κ2) is 14.6. The van der Waals surface area contributed by atoms with Crippen molar-refractivity contribution in [2.75, 3.05) is 13.7 Å². The van der Waals surface area contributed by atoms with Crippen molar-refractivity contribution < 1.29 is 28.8 Å². The van der Waals surface area contributed by atoms with Gasteiger partial charge in [0, 0.05) is 7.05 Å². The first kappa shape index (κ1) is 36.3. The molecule has 6 rings (SSSR count). The van der Waals surface area contributed by atoms with Gasteiger partial charge in [0.1, 0.15) is 5.75 Å². The van der Waals surface area contributed by atoms with Crippen LogP contribution in [0.3, 0.4) is 0 Å². The summed E-state index contributed by atoms with van der Waals surface area (Å²) in [5.41, 5.74) is 3.97. The van der Waals surface area contributed by atoms with Gasteiger partial charge in [0.05, 0.1) is 29.6 Å². The Bertz CT molecular complexity index is 1750. The molecule has 0 unspecified atom stereocenters. The fourth-order valence-electron chi connectivity index (χ4n) is 8.53. The molecule has 4 atom stereocenters. The number of carbonyl (C=O) groups is 2. The maximum Gasteiger partial charge on any atom is 0.455 e. The Morgan fingerprint density at radius 2 is 1.66 bits per heavy atom. The maximum absolute atomic E-state index is 13.6. The van der Waals surface area contributed by atoms with Crippen molar-refractivity contribution in [1.29, 1.82) is 0 Å². The fraction of sp³-hybridized carbons (Fsp3) is 0.400. The quantitative estimate of drug-likeness (QED) is 0.140. The summed E-state index contributed by atoms with van der Waals surface area (Å²) in [5.74, 6) is -1.59. The van der Waals surface area contributed by atoms with Crippen LogP contribution in [0.15, 0.2) is 95.6 Å². The summed E-state index contributed by atoms with van der Waals surface area (Å²) < 4.78 is 13.8. The lowest BCUT2D eigenvalue weighted by Gasteiger charge is -2.46. The van der Waals surface area contributed by atoms with Crippen LogP contribution < -0.4 is 10.4 Å². The summed E-state index contributed by atoms with van der Waals surface area (Å²) in [4.78, 5) is 28.4. The summed E-state index contributed by atoms with van der Waals surface area (Å²) in [6, 6.07) is 25.9. The largest absolute Gasteiger partial charge is 0.508 e. The summed E-state index contributed by atoms with van der Waals surface area (Å²) in [6.07, 6.45) is 4.29. The predicted octanol–water partition coefficient (Wildman–Crippen LogP) is 6.62. The van der Waals surface area contributed by atoms with Crippen LogP contribution in [-0.2, 0) is 18.7 Å². The van der Waals surface area contributed by atoms with Gasteiger partial charge in [0.2, 0.25) is 11.8 Å². The van der Waals surface area contributed by atoms with Crippen LogP contribution in [0.25, 0.3) is 6.08 Å². The number of fused-ring (bicyclic) bond motifs is 3. The van der Waals surface area contributed by atoms with Crippen LogP contribution in [0.1, 0.15) is 58.9 Å². The number of nitrogens with zero attached hydrogens (tertiary/aromatic N) is 1. The second-order valence-electron chi connectivity index (χ2n) is 14.9. The Kier molecular flexibility index (Phi) is 10.6. The molecule has 0 radical (unpaired) electrons. The van der Waals surface area contributed by atoms with Crippen LogP contribution >= 0.6 is 11.6 Å². The van der Waals surface area contributed by atoms with Crippen molar-refractivity contribution in [2.45, 2.75) is 70.8 Å². The molecule has 0 saturated carbocycles. The Morgan fingerprint density at radius 1 is 1.02 bits per heavy atom. The third kappa shape index (κ3) is 6.78. The van der Waals surface area contributed by atoms with Crippen molar-refractivity contribution in [3.63, 3.8) is 0 Å². The van der Waals surface area contributed by atoms with Gasteiger partial charge in [-0.3, -0.25) is 14.5 Å². The molecule has 2 fully saturated rings. The van der Waals surface area contributed by atoms with Crippen molar-refractivity contribution in [3.8, 4) is 5.75 Å². The second-order valence-corrected chi connectivity index (χ2v) is 19.6. The molecular weight excluding hydrogens is 665 g/mol. The molecule has 0 bridgehead atoms. The fourth-order valence-corrected chi connectivity index (χ4v) is 13.3. The van der Waals surface area contributed by atoms with Gasteiger partial charge < -0.3 is 19.2 Å². The van der Waals surface area contributed by atoms with Crippen LogP contribution in [0.5, 0.6) is 5.75 Å². The Morgan fingerprint density at radius 3 is 2.24 bits per heavy atom. The number of carbonyl (C=O) groups excluding carboxylic acids is 2. The van der Waals surface area contributed by atoms with E-state index in [0.717, 1.165) is 28.7 Å². The number of imide groups is 1. The number of aromatic hydroxyl groups is 1. The molecule has 2 N–H and O–H groups in total. The minimum absolute atomic E-state index is 0.113. The van der Waals surface area contributed by atoms with E-state index >= 15 is 0 Å². The summed E-state index contributed by atoms with van der Waals surface area (Å²) >= 11 is 6.45. The van der Waals surface area contributed by atoms with E-state index in [1.807, 2.05) is 18.2 Å².